The first-order valence-electron chi connectivity index (χ1n) is 7.13. The van der Waals surface area contributed by atoms with E-state index in [1.54, 1.807) is 6.07 Å². The fourth-order valence-electron chi connectivity index (χ4n) is 1.83. The quantitative estimate of drug-likeness (QED) is 0.145. The van der Waals surface area contributed by atoms with Crippen LogP contribution in [0.2, 0.25) is 0 Å². The third-order valence-electron chi connectivity index (χ3n) is 2.73. The SMILES string of the molecule is [B]C1CC(OC(=O)OCCC#N)C(COP(=O)(O)OP(=O)(O)OP(=O)(O)O)O1. The zero-order chi connectivity index (χ0) is 21.6. The molecule has 158 valence electrons. The fourth-order valence-corrected chi connectivity index (χ4v) is 4.86. The van der Waals surface area contributed by atoms with E-state index in [4.69, 9.17) is 37.3 Å². The van der Waals surface area contributed by atoms with Crippen molar-refractivity contribution in [2.45, 2.75) is 31.1 Å². The highest BCUT2D eigenvalue weighted by atomic mass is 31.3. The van der Waals surface area contributed by atoms with Gasteiger partial charge in [-0.2, -0.15) is 13.9 Å². The van der Waals surface area contributed by atoms with Gasteiger partial charge in [0, 0.05) is 12.4 Å². The van der Waals surface area contributed by atoms with Gasteiger partial charge in [0.2, 0.25) is 0 Å². The molecule has 1 heterocycles. The molecule has 0 aromatic rings. The van der Waals surface area contributed by atoms with Crippen molar-refractivity contribution in [2.24, 2.45) is 0 Å². The van der Waals surface area contributed by atoms with Crippen LogP contribution in [0.1, 0.15) is 12.8 Å². The van der Waals surface area contributed by atoms with E-state index in [0.717, 1.165) is 0 Å². The molecular weight excluding hydrogens is 450 g/mol. The molecule has 0 aromatic carbocycles. The average Bonchev–Trinajstić information content (AvgIpc) is 2.81. The third kappa shape index (κ3) is 10.1. The second-order valence-corrected chi connectivity index (χ2v) is 9.42. The van der Waals surface area contributed by atoms with Crippen LogP contribution in [-0.4, -0.2) is 65.0 Å². The number of ether oxygens (including phenoxy) is 3. The van der Waals surface area contributed by atoms with E-state index in [2.05, 4.69) is 17.9 Å². The maximum Gasteiger partial charge on any atom is 0.508 e. The standard InChI is InChI=1S/C9H15BNO14P3/c10-8-4-6(23-9(12)20-3-1-2-11)7(22-8)5-21-27(16,17)25-28(18,19)24-26(13,14)15/h6-8H,1,3-5H2,(H,16,17)(H,18,19)(H2,13,14,15). The minimum absolute atomic E-state index is 0.0578. The van der Waals surface area contributed by atoms with Crippen LogP contribution in [0.4, 0.5) is 4.79 Å². The van der Waals surface area contributed by atoms with Crippen LogP contribution in [-0.2, 0) is 41.1 Å². The van der Waals surface area contributed by atoms with E-state index in [9.17, 15) is 23.4 Å². The first-order chi connectivity index (χ1) is 12.7. The van der Waals surface area contributed by atoms with E-state index < -0.39 is 54.4 Å². The van der Waals surface area contributed by atoms with E-state index in [0.29, 0.717) is 0 Å². The maximum absolute atomic E-state index is 11.7. The Bertz CT molecular complexity index is 734. The molecular formula is C9H15BNO14P3. The molecule has 0 aromatic heterocycles. The first kappa shape index (κ1) is 25.2. The number of hydrogen-bond donors (Lipinski definition) is 4. The van der Waals surface area contributed by atoms with Crippen LogP contribution < -0.4 is 0 Å². The summed E-state index contributed by atoms with van der Waals surface area (Å²) in [5, 5.41) is 8.34. The van der Waals surface area contributed by atoms with Gasteiger partial charge in [0.15, 0.2) is 0 Å². The summed E-state index contributed by atoms with van der Waals surface area (Å²) in [5.41, 5.74) is 0. The van der Waals surface area contributed by atoms with Crippen molar-refractivity contribution in [3.05, 3.63) is 0 Å². The average molecular weight is 465 g/mol. The molecule has 0 saturated carbocycles. The number of nitriles is 1. The molecule has 5 unspecified atom stereocenters. The van der Waals surface area contributed by atoms with Crippen molar-refractivity contribution in [3.8, 4) is 6.07 Å². The summed E-state index contributed by atoms with van der Waals surface area (Å²) in [4.78, 5) is 46.7. The molecule has 15 nitrogen and oxygen atoms in total. The predicted molar refractivity (Wildman–Crippen MR) is 85.3 cm³/mol. The molecule has 0 spiro atoms. The lowest BCUT2D eigenvalue weighted by Crippen LogP contribution is -2.31. The van der Waals surface area contributed by atoms with Crippen LogP contribution in [0.25, 0.3) is 0 Å². The van der Waals surface area contributed by atoms with Gasteiger partial charge in [-0.3, -0.25) is 4.52 Å². The lowest BCUT2D eigenvalue weighted by molar-refractivity contribution is -0.0318. The van der Waals surface area contributed by atoms with Crippen molar-refractivity contribution in [1.29, 1.82) is 5.26 Å². The summed E-state index contributed by atoms with van der Waals surface area (Å²) < 4.78 is 59.4. The number of carbonyl (C=O) groups excluding carboxylic acids is 1. The van der Waals surface area contributed by atoms with Gasteiger partial charge < -0.3 is 33.8 Å². The Balaban J connectivity index is 2.61. The van der Waals surface area contributed by atoms with Gasteiger partial charge >= 0.3 is 29.6 Å². The molecule has 0 aliphatic carbocycles. The number of carbonyl (C=O) groups is 1. The Labute approximate surface area is 159 Å². The number of hydrogen-bond acceptors (Lipinski definition) is 11. The van der Waals surface area contributed by atoms with Gasteiger partial charge in [0.05, 0.1) is 19.1 Å². The summed E-state index contributed by atoms with van der Waals surface area (Å²) in [7, 11) is -11.0. The number of phosphoric ester groups is 1. The summed E-state index contributed by atoms with van der Waals surface area (Å²) in [6, 6.07) is 0.777. The molecule has 0 amide bonds. The molecule has 1 fully saturated rings. The number of nitrogens with zero attached hydrogens (tertiary/aromatic N) is 1. The van der Waals surface area contributed by atoms with Crippen molar-refractivity contribution in [1.82, 2.24) is 0 Å². The van der Waals surface area contributed by atoms with Crippen molar-refractivity contribution in [2.75, 3.05) is 13.2 Å². The van der Waals surface area contributed by atoms with Crippen LogP contribution in [0.5, 0.6) is 0 Å². The third-order valence-corrected chi connectivity index (χ3v) is 6.53. The van der Waals surface area contributed by atoms with Gasteiger partial charge in [-0.05, 0) is 0 Å². The minimum atomic E-state index is -5.66. The van der Waals surface area contributed by atoms with E-state index in [1.165, 1.54) is 0 Å². The van der Waals surface area contributed by atoms with Crippen molar-refractivity contribution in [3.63, 3.8) is 0 Å². The van der Waals surface area contributed by atoms with Crippen molar-refractivity contribution >= 4 is 37.5 Å². The molecule has 1 rings (SSSR count). The van der Waals surface area contributed by atoms with Crippen LogP contribution in [0, 0.1) is 11.3 Å². The lowest BCUT2D eigenvalue weighted by atomic mass is 9.96. The zero-order valence-electron chi connectivity index (χ0n) is 13.8. The molecule has 19 heteroatoms. The Kier molecular flexibility index (Phi) is 9.27. The van der Waals surface area contributed by atoms with Gasteiger partial charge in [0.25, 0.3) is 0 Å². The van der Waals surface area contributed by atoms with E-state index >= 15 is 0 Å². The normalized spacial score (nSPS) is 26.6. The zero-order valence-corrected chi connectivity index (χ0v) is 16.5. The lowest BCUT2D eigenvalue weighted by Gasteiger charge is -2.21. The van der Waals surface area contributed by atoms with E-state index in [-0.39, 0.29) is 19.4 Å². The van der Waals surface area contributed by atoms with Gasteiger partial charge in [-0.25, -0.2) is 18.5 Å². The summed E-state index contributed by atoms with van der Waals surface area (Å²) >= 11 is 0. The summed E-state index contributed by atoms with van der Waals surface area (Å²) in [5.74, 6) is 0. The van der Waals surface area contributed by atoms with Gasteiger partial charge in [-0.15, -0.1) is 0 Å². The molecule has 0 bridgehead atoms. The Hall–Kier alpha value is -0.805. The highest BCUT2D eigenvalue weighted by Crippen LogP contribution is 2.66. The second kappa shape index (κ2) is 10.3. The number of rotatable bonds is 10. The molecule has 4 N–H and O–H groups in total. The largest absolute Gasteiger partial charge is 0.508 e. The van der Waals surface area contributed by atoms with Crippen LogP contribution >= 0.6 is 23.5 Å². The number of phosphoric acid groups is 3. The predicted octanol–water partition coefficient (Wildman–Crippen LogP) is 0.0487. The molecule has 1 aliphatic rings. The van der Waals surface area contributed by atoms with Crippen LogP contribution in [0.15, 0.2) is 0 Å². The topological polar surface area (TPSA) is 228 Å². The van der Waals surface area contributed by atoms with Crippen molar-refractivity contribution < 1.29 is 65.4 Å². The maximum atomic E-state index is 11.7. The fraction of sp³-hybridized carbons (Fsp3) is 0.778. The van der Waals surface area contributed by atoms with E-state index in [1.807, 2.05) is 0 Å². The van der Waals surface area contributed by atoms with Crippen LogP contribution in [0.3, 0.4) is 0 Å². The molecule has 5 atom stereocenters. The minimum Gasteiger partial charge on any atom is -0.433 e. The smallest absolute Gasteiger partial charge is 0.433 e. The highest BCUT2D eigenvalue weighted by Gasteiger charge is 2.43. The van der Waals surface area contributed by atoms with Gasteiger partial charge in [0.1, 0.15) is 26.7 Å². The first-order valence-corrected chi connectivity index (χ1v) is 11.6. The highest BCUT2D eigenvalue weighted by molar-refractivity contribution is 7.66. The second-order valence-electron chi connectivity index (χ2n) is 5.00. The summed E-state index contributed by atoms with van der Waals surface area (Å²) in [6.45, 7) is -1.07. The Morgan fingerprint density at radius 2 is 1.82 bits per heavy atom. The Morgan fingerprint density at radius 1 is 1.18 bits per heavy atom. The van der Waals surface area contributed by atoms with Gasteiger partial charge in [-0.1, -0.05) is 0 Å². The molecule has 28 heavy (non-hydrogen) atoms. The summed E-state index contributed by atoms with van der Waals surface area (Å²) in [6.07, 6.45) is -3.62. The molecule has 1 aliphatic heterocycles. The Morgan fingerprint density at radius 3 is 2.39 bits per heavy atom. The molecule has 2 radical (unpaired) electrons. The monoisotopic (exact) mass is 465 g/mol. The molecule has 1 saturated heterocycles.